The zero-order chi connectivity index (χ0) is 31.4. The zero-order valence-corrected chi connectivity index (χ0v) is 25.5. The third-order valence-corrected chi connectivity index (χ3v) is 8.23. The fraction of sp³-hybridized carbons (Fsp3) is 0.263. The first kappa shape index (κ1) is 31.7. The number of amides is 2. The van der Waals surface area contributed by atoms with Gasteiger partial charge in [-0.25, -0.2) is 4.79 Å². The molecule has 1 heterocycles. The van der Waals surface area contributed by atoms with Gasteiger partial charge in [0.15, 0.2) is 0 Å². The molecular weight excluding hydrogens is 562 g/mol. The molecular formula is C38H41N3O4. The summed E-state index contributed by atoms with van der Waals surface area (Å²) >= 11 is 0. The van der Waals surface area contributed by atoms with Crippen LogP contribution in [0.4, 0.5) is 4.79 Å². The van der Waals surface area contributed by atoms with E-state index in [2.05, 4.69) is 35.7 Å². The van der Waals surface area contributed by atoms with Gasteiger partial charge in [-0.15, -0.1) is 6.58 Å². The Bertz CT molecular complexity index is 1460. The molecule has 1 aliphatic heterocycles. The van der Waals surface area contributed by atoms with Gasteiger partial charge in [0.25, 0.3) is 0 Å². The summed E-state index contributed by atoms with van der Waals surface area (Å²) in [4.78, 5) is 33.0. The summed E-state index contributed by atoms with van der Waals surface area (Å²) in [6, 6.07) is 38.0. The van der Waals surface area contributed by atoms with E-state index in [9.17, 15) is 14.7 Å². The van der Waals surface area contributed by atoms with E-state index in [1.165, 1.54) is 4.90 Å². The van der Waals surface area contributed by atoms with Crippen molar-refractivity contribution in [2.75, 3.05) is 19.6 Å². The van der Waals surface area contributed by atoms with Crippen LogP contribution < -0.4 is 0 Å². The van der Waals surface area contributed by atoms with Crippen molar-refractivity contribution >= 4 is 12.0 Å². The van der Waals surface area contributed by atoms with Crippen LogP contribution >= 0.6 is 0 Å². The van der Waals surface area contributed by atoms with E-state index in [1.54, 1.807) is 11.0 Å². The molecule has 0 radical (unpaired) electrons. The molecule has 1 N–H and O–H groups in total. The van der Waals surface area contributed by atoms with Crippen LogP contribution in [0, 0.1) is 0 Å². The van der Waals surface area contributed by atoms with Crippen molar-refractivity contribution in [3.8, 4) is 0 Å². The number of rotatable bonds is 13. The van der Waals surface area contributed by atoms with Gasteiger partial charge in [0.1, 0.15) is 12.6 Å². The maximum absolute atomic E-state index is 14.1. The lowest BCUT2D eigenvalue weighted by Crippen LogP contribution is -2.66. The largest absolute Gasteiger partial charge is 0.445 e. The Labute approximate surface area is 266 Å². The van der Waals surface area contributed by atoms with Gasteiger partial charge in [0, 0.05) is 38.8 Å². The van der Waals surface area contributed by atoms with Crippen molar-refractivity contribution in [1.82, 2.24) is 14.7 Å². The van der Waals surface area contributed by atoms with Crippen LogP contribution in [0.15, 0.2) is 134 Å². The minimum absolute atomic E-state index is 0.0745. The van der Waals surface area contributed by atoms with E-state index in [1.807, 2.05) is 97.1 Å². The molecule has 3 unspecified atom stereocenters. The standard InChI is InChI=1S/C38H41N3O4/c1-2-23-39-24-25-41(38(44)45-29-33-21-13-6-14-22-33)35(37(39)43)36(42)34(26-30-15-7-3-8-16-30)40(27-31-17-9-4-10-18-31)28-32-19-11-5-12-20-32/h2-22,34-36,42H,1,23-29H2. The quantitative estimate of drug-likeness (QED) is 0.199. The van der Waals surface area contributed by atoms with Crippen molar-refractivity contribution in [2.24, 2.45) is 0 Å². The van der Waals surface area contributed by atoms with Gasteiger partial charge in [-0.2, -0.15) is 0 Å². The van der Waals surface area contributed by atoms with Gasteiger partial charge in [-0.05, 0) is 28.7 Å². The summed E-state index contributed by atoms with van der Waals surface area (Å²) < 4.78 is 5.71. The van der Waals surface area contributed by atoms with Gasteiger partial charge < -0.3 is 14.7 Å². The Balaban J connectivity index is 1.51. The normalized spacial score (nSPS) is 16.3. The lowest BCUT2D eigenvalue weighted by atomic mass is 9.91. The van der Waals surface area contributed by atoms with Crippen LogP contribution in [0.2, 0.25) is 0 Å². The predicted octanol–water partition coefficient (Wildman–Crippen LogP) is 5.70. The van der Waals surface area contributed by atoms with E-state index in [0.717, 1.165) is 22.3 Å². The van der Waals surface area contributed by atoms with Gasteiger partial charge in [0.2, 0.25) is 5.91 Å². The van der Waals surface area contributed by atoms with Crippen LogP contribution in [0.25, 0.3) is 0 Å². The van der Waals surface area contributed by atoms with E-state index in [-0.39, 0.29) is 19.1 Å². The summed E-state index contributed by atoms with van der Waals surface area (Å²) in [5.41, 5.74) is 4.04. The smallest absolute Gasteiger partial charge is 0.410 e. The third kappa shape index (κ3) is 8.47. The second kappa shape index (κ2) is 15.8. The summed E-state index contributed by atoms with van der Waals surface area (Å²) in [6.45, 7) is 5.88. The molecule has 1 fully saturated rings. The number of carbonyl (C=O) groups is 2. The van der Waals surface area contributed by atoms with E-state index >= 15 is 0 Å². The first-order chi connectivity index (χ1) is 22.0. The molecule has 7 nitrogen and oxygen atoms in total. The SMILES string of the molecule is C=CCN1CCN(C(=O)OCc2ccccc2)C(C(O)C(Cc2ccccc2)N(Cc2ccccc2)Cc2ccccc2)C1=O. The molecule has 45 heavy (non-hydrogen) atoms. The zero-order valence-electron chi connectivity index (χ0n) is 25.5. The highest BCUT2D eigenvalue weighted by Gasteiger charge is 2.46. The van der Waals surface area contributed by atoms with Crippen LogP contribution in [0.1, 0.15) is 22.3 Å². The third-order valence-electron chi connectivity index (χ3n) is 8.23. The molecule has 3 atom stereocenters. The summed E-state index contributed by atoms with van der Waals surface area (Å²) in [6.07, 6.45) is 0.302. The van der Waals surface area contributed by atoms with Crippen LogP contribution in [0.3, 0.4) is 0 Å². The van der Waals surface area contributed by atoms with Gasteiger partial charge in [-0.3, -0.25) is 14.6 Å². The van der Waals surface area contributed by atoms with Crippen LogP contribution in [0.5, 0.6) is 0 Å². The summed E-state index contributed by atoms with van der Waals surface area (Å²) in [5, 5.41) is 12.4. The Morgan fingerprint density at radius 1 is 0.800 bits per heavy atom. The van der Waals surface area contributed by atoms with E-state index < -0.39 is 24.3 Å². The van der Waals surface area contributed by atoms with E-state index in [4.69, 9.17) is 4.74 Å². The number of nitrogens with zero attached hydrogens (tertiary/aromatic N) is 3. The summed E-state index contributed by atoms with van der Waals surface area (Å²) in [7, 11) is 0. The number of ether oxygens (including phenoxy) is 1. The van der Waals surface area contributed by atoms with Gasteiger partial charge in [-0.1, -0.05) is 127 Å². The average molecular weight is 604 g/mol. The molecule has 7 heteroatoms. The minimum Gasteiger partial charge on any atom is -0.445 e. The molecule has 1 aliphatic rings. The molecule has 4 aromatic rings. The summed E-state index contributed by atoms with van der Waals surface area (Å²) in [5.74, 6) is -0.317. The first-order valence-electron chi connectivity index (χ1n) is 15.4. The van der Waals surface area contributed by atoms with E-state index in [0.29, 0.717) is 32.6 Å². The number of carbonyl (C=O) groups excluding carboxylic acids is 2. The van der Waals surface area contributed by atoms with Crippen molar-refractivity contribution in [1.29, 1.82) is 0 Å². The Morgan fingerprint density at radius 2 is 1.29 bits per heavy atom. The van der Waals surface area contributed by atoms with Crippen molar-refractivity contribution in [3.05, 3.63) is 156 Å². The van der Waals surface area contributed by atoms with Crippen molar-refractivity contribution in [2.45, 2.75) is 44.3 Å². The van der Waals surface area contributed by atoms with Crippen molar-refractivity contribution in [3.63, 3.8) is 0 Å². The molecule has 1 saturated heterocycles. The molecule has 0 spiro atoms. The highest BCUT2D eigenvalue weighted by Crippen LogP contribution is 2.26. The van der Waals surface area contributed by atoms with Gasteiger partial charge in [0.05, 0.1) is 6.10 Å². The predicted molar refractivity (Wildman–Crippen MR) is 176 cm³/mol. The van der Waals surface area contributed by atoms with Crippen LogP contribution in [-0.4, -0.2) is 69.6 Å². The Morgan fingerprint density at radius 3 is 1.80 bits per heavy atom. The Hall–Kier alpha value is -4.72. The molecule has 0 aromatic heterocycles. The highest BCUT2D eigenvalue weighted by molar-refractivity contribution is 5.87. The van der Waals surface area contributed by atoms with Crippen LogP contribution in [-0.2, 0) is 35.6 Å². The molecule has 2 amide bonds. The average Bonchev–Trinajstić information content (AvgIpc) is 3.08. The molecule has 0 saturated carbocycles. The molecule has 5 rings (SSSR count). The topological polar surface area (TPSA) is 73.3 Å². The second-order valence-corrected chi connectivity index (χ2v) is 11.4. The molecule has 4 aromatic carbocycles. The maximum Gasteiger partial charge on any atom is 0.410 e. The van der Waals surface area contributed by atoms with Gasteiger partial charge >= 0.3 is 6.09 Å². The number of aliphatic hydroxyl groups excluding tert-OH is 1. The fourth-order valence-corrected chi connectivity index (χ4v) is 5.93. The minimum atomic E-state index is -1.22. The lowest BCUT2D eigenvalue weighted by molar-refractivity contribution is -0.148. The van der Waals surface area contributed by atoms with Crippen molar-refractivity contribution < 1.29 is 19.4 Å². The monoisotopic (exact) mass is 603 g/mol. The first-order valence-corrected chi connectivity index (χ1v) is 15.4. The number of piperazine rings is 1. The fourth-order valence-electron chi connectivity index (χ4n) is 5.93. The molecule has 232 valence electrons. The lowest BCUT2D eigenvalue weighted by Gasteiger charge is -2.45. The second-order valence-electron chi connectivity index (χ2n) is 11.4. The molecule has 0 aliphatic carbocycles. The maximum atomic E-state index is 14.1. The number of hydrogen-bond acceptors (Lipinski definition) is 5. The molecule has 0 bridgehead atoms. The number of hydrogen-bond donors (Lipinski definition) is 1. The number of aliphatic hydroxyl groups is 1. The highest BCUT2D eigenvalue weighted by atomic mass is 16.6. The number of benzene rings is 4. The Kier molecular flexibility index (Phi) is 11.2.